The fourth-order valence-corrected chi connectivity index (χ4v) is 3.38. The summed E-state index contributed by atoms with van der Waals surface area (Å²) in [6.45, 7) is 0. The molecule has 3 rings (SSSR count). The monoisotopic (exact) mass is 375 g/mol. The molecule has 2 heterocycles. The fourth-order valence-electron chi connectivity index (χ4n) is 2.16. The number of halogens is 1. The van der Waals surface area contributed by atoms with Crippen molar-refractivity contribution in [1.82, 2.24) is 19.6 Å². The number of aromatic nitrogens is 4. The molecule has 0 atom stereocenters. The molecule has 0 aliphatic carbocycles. The Hall–Kier alpha value is -2.83. The summed E-state index contributed by atoms with van der Waals surface area (Å²) in [5.74, 6) is -0.225. The Labute approximate surface area is 150 Å². The maximum atomic E-state index is 12.0. The summed E-state index contributed by atoms with van der Waals surface area (Å²) >= 11 is 7.35. The van der Waals surface area contributed by atoms with Gasteiger partial charge in [0.2, 0.25) is 0 Å². The van der Waals surface area contributed by atoms with Gasteiger partial charge in [-0.1, -0.05) is 29.4 Å². The number of aromatic amines is 1. The van der Waals surface area contributed by atoms with Gasteiger partial charge in [-0.15, -0.1) is 0 Å². The van der Waals surface area contributed by atoms with Crippen LogP contribution in [-0.4, -0.2) is 32.7 Å². The molecule has 2 aromatic heterocycles. The third kappa shape index (κ3) is 3.22. The molecule has 1 aromatic carbocycles. The average Bonchev–Trinajstić information content (AvgIpc) is 3.03. The van der Waals surface area contributed by atoms with E-state index in [-0.39, 0.29) is 22.1 Å². The van der Waals surface area contributed by atoms with Gasteiger partial charge < -0.3 is 4.74 Å². The van der Waals surface area contributed by atoms with Crippen molar-refractivity contribution in [2.45, 2.75) is 10.9 Å². The molecular formula is C15H10ClN5O3S. The lowest BCUT2D eigenvalue weighted by atomic mass is 10.1. The van der Waals surface area contributed by atoms with Crippen molar-refractivity contribution in [3.05, 3.63) is 56.6 Å². The first-order chi connectivity index (χ1) is 12.0. The zero-order chi connectivity index (χ0) is 18.0. The lowest BCUT2D eigenvalue weighted by molar-refractivity contribution is 0.0600. The van der Waals surface area contributed by atoms with Crippen LogP contribution in [0.4, 0.5) is 0 Å². The summed E-state index contributed by atoms with van der Waals surface area (Å²) in [6, 6.07) is 6.85. The van der Waals surface area contributed by atoms with Crippen LogP contribution in [0.5, 0.6) is 0 Å². The number of hydrogen-bond donors (Lipinski definition) is 1. The Morgan fingerprint density at radius 2 is 2.32 bits per heavy atom. The zero-order valence-corrected chi connectivity index (χ0v) is 14.4. The van der Waals surface area contributed by atoms with Crippen molar-refractivity contribution in [2.24, 2.45) is 0 Å². The standard InChI is InChI=1S/C15H10ClN5O3S/c1-24-13(22)9-3-2-4-11(16)10(9)7-25-14-19-12-8(5-17)6-18-21(12)15(23)20-14/h2-4,6H,7H2,1H3,(H,19,20,23). The predicted molar refractivity (Wildman–Crippen MR) is 90.7 cm³/mol. The van der Waals surface area contributed by atoms with Crippen LogP contribution in [0.15, 0.2) is 34.3 Å². The number of thioether (sulfide) groups is 1. The summed E-state index contributed by atoms with van der Waals surface area (Å²) in [6.07, 6.45) is 1.27. The maximum absolute atomic E-state index is 12.0. The van der Waals surface area contributed by atoms with Crippen molar-refractivity contribution in [3.8, 4) is 6.07 Å². The lowest BCUT2D eigenvalue weighted by Gasteiger charge is -2.09. The highest BCUT2D eigenvalue weighted by Crippen LogP contribution is 2.28. The molecule has 0 unspecified atom stereocenters. The number of methoxy groups -OCH3 is 1. The molecule has 3 aromatic rings. The first-order valence-corrected chi connectivity index (χ1v) is 8.28. The quantitative estimate of drug-likeness (QED) is 0.548. The molecule has 0 aliphatic heterocycles. The normalized spacial score (nSPS) is 10.6. The van der Waals surface area contributed by atoms with Crippen LogP contribution >= 0.6 is 23.4 Å². The van der Waals surface area contributed by atoms with Gasteiger partial charge in [0, 0.05) is 10.8 Å². The number of hydrogen-bond acceptors (Lipinski definition) is 7. The Balaban J connectivity index is 1.95. The third-order valence-electron chi connectivity index (χ3n) is 3.36. The molecule has 0 saturated heterocycles. The van der Waals surface area contributed by atoms with Crippen LogP contribution < -0.4 is 5.69 Å². The van der Waals surface area contributed by atoms with Crippen molar-refractivity contribution in [2.75, 3.05) is 7.11 Å². The van der Waals surface area contributed by atoms with E-state index in [1.807, 2.05) is 6.07 Å². The van der Waals surface area contributed by atoms with Gasteiger partial charge >= 0.3 is 11.7 Å². The molecule has 126 valence electrons. The lowest BCUT2D eigenvalue weighted by Crippen LogP contribution is -2.19. The number of H-pyrrole nitrogens is 1. The second-order valence-corrected chi connectivity index (χ2v) is 6.17. The summed E-state index contributed by atoms with van der Waals surface area (Å²) < 4.78 is 5.76. The van der Waals surface area contributed by atoms with Crippen LogP contribution in [0.1, 0.15) is 21.5 Å². The second kappa shape index (κ2) is 6.96. The van der Waals surface area contributed by atoms with Gasteiger partial charge in [-0.2, -0.15) is 14.9 Å². The molecule has 0 saturated carbocycles. The van der Waals surface area contributed by atoms with Crippen LogP contribution in [0.3, 0.4) is 0 Å². The topological polar surface area (TPSA) is 113 Å². The number of esters is 1. The second-order valence-electron chi connectivity index (χ2n) is 4.80. The Kier molecular flexibility index (Phi) is 4.74. The zero-order valence-electron chi connectivity index (χ0n) is 12.8. The number of carbonyl (C=O) groups is 1. The molecule has 0 spiro atoms. The van der Waals surface area contributed by atoms with Gasteiger partial charge in [0.25, 0.3) is 0 Å². The van der Waals surface area contributed by atoms with Crippen molar-refractivity contribution in [3.63, 3.8) is 0 Å². The summed E-state index contributed by atoms with van der Waals surface area (Å²) in [7, 11) is 1.29. The molecule has 0 radical (unpaired) electrons. The molecule has 0 fully saturated rings. The van der Waals surface area contributed by atoms with Crippen LogP contribution in [0, 0.1) is 11.3 Å². The van der Waals surface area contributed by atoms with E-state index in [1.54, 1.807) is 18.2 Å². The molecule has 25 heavy (non-hydrogen) atoms. The van der Waals surface area contributed by atoms with E-state index in [2.05, 4.69) is 15.1 Å². The number of rotatable bonds is 4. The van der Waals surface area contributed by atoms with Gasteiger partial charge in [-0.3, -0.25) is 4.98 Å². The largest absolute Gasteiger partial charge is 0.465 e. The fraction of sp³-hybridized carbons (Fsp3) is 0.133. The molecular weight excluding hydrogens is 366 g/mol. The first-order valence-electron chi connectivity index (χ1n) is 6.91. The molecule has 0 amide bonds. The number of fused-ring (bicyclic) bond motifs is 1. The number of ether oxygens (including phenoxy) is 1. The number of nitrogens with one attached hydrogen (secondary N) is 1. The Morgan fingerprint density at radius 1 is 1.52 bits per heavy atom. The minimum atomic E-state index is -0.513. The van der Waals surface area contributed by atoms with Gasteiger partial charge in [-0.05, 0) is 17.7 Å². The minimum Gasteiger partial charge on any atom is -0.465 e. The SMILES string of the molecule is COC(=O)c1cccc(Cl)c1CSc1nc2c(C#N)cnn2c(=O)[nH]1. The Bertz CT molecular complexity index is 1070. The summed E-state index contributed by atoms with van der Waals surface area (Å²) in [5, 5.41) is 13.5. The smallest absolute Gasteiger partial charge is 0.350 e. The first kappa shape index (κ1) is 17.0. The van der Waals surface area contributed by atoms with Crippen LogP contribution in [0.2, 0.25) is 5.02 Å². The van der Waals surface area contributed by atoms with Gasteiger partial charge in [-0.25, -0.2) is 14.6 Å². The number of benzene rings is 1. The molecule has 0 aliphatic rings. The predicted octanol–water partition coefficient (Wildman–Crippen LogP) is 2.02. The third-order valence-corrected chi connectivity index (χ3v) is 4.61. The van der Waals surface area contributed by atoms with E-state index >= 15 is 0 Å². The number of nitriles is 1. The highest BCUT2D eigenvalue weighted by Gasteiger charge is 2.16. The maximum Gasteiger partial charge on any atom is 0.350 e. The van der Waals surface area contributed by atoms with E-state index in [9.17, 15) is 9.59 Å². The number of nitrogens with zero attached hydrogens (tertiary/aromatic N) is 4. The van der Waals surface area contributed by atoms with Gasteiger partial charge in [0.1, 0.15) is 11.6 Å². The van der Waals surface area contributed by atoms with Crippen molar-refractivity contribution in [1.29, 1.82) is 5.26 Å². The van der Waals surface area contributed by atoms with E-state index < -0.39 is 11.7 Å². The average molecular weight is 376 g/mol. The van der Waals surface area contributed by atoms with E-state index in [1.165, 1.54) is 25.1 Å². The van der Waals surface area contributed by atoms with Gasteiger partial charge in [0.05, 0.1) is 18.9 Å². The Morgan fingerprint density at radius 3 is 3.04 bits per heavy atom. The van der Waals surface area contributed by atoms with E-state index in [0.29, 0.717) is 16.1 Å². The van der Waals surface area contributed by atoms with Crippen LogP contribution in [-0.2, 0) is 10.5 Å². The van der Waals surface area contributed by atoms with Crippen molar-refractivity contribution >= 4 is 35.0 Å². The van der Waals surface area contributed by atoms with E-state index in [4.69, 9.17) is 21.6 Å². The molecule has 10 heteroatoms. The highest BCUT2D eigenvalue weighted by atomic mass is 35.5. The number of carbonyl (C=O) groups excluding carboxylic acids is 1. The summed E-state index contributed by atoms with van der Waals surface area (Å²) in [4.78, 5) is 30.7. The molecule has 1 N–H and O–H groups in total. The van der Waals surface area contributed by atoms with Crippen molar-refractivity contribution < 1.29 is 9.53 Å². The van der Waals surface area contributed by atoms with Crippen LogP contribution in [0.25, 0.3) is 5.65 Å². The summed E-state index contributed by atoms with van der Waals surface area (Å²) in [5.41, 5.74) is 0.758. The van der Waals surface area contributed by atoms with Gasteiger partial charge in [0.15, 0.2) is 10.8 Å². The van der Waals surface area contributed by atoms with E-state index in [0.717, 1.165) is 4.52 Å². The highest BCUT2D eigenvalue weighted by molar-refractivity contribution is 7.98. The molecule has 0 bridgehead atoms. The minimum absolute atomic E-state index is 0.168. The molecule has 8 nitrogen and oxygen atoms in total.